The largest absolute Gasteiger partial charge is 0.302 e. The molecule has 1 aromatic carbocycles. The van der Waals surface area contributed by atoms with Gasteiger partial charge in [0, 0.05) is 26.2 Å². The third-order valence-corrected chi connectivity index (χ3v) is 5.17. The molecule has 0 spiro atoms. The Hall–Kier alpha value is -0.860. The van der Waals surface area contributed by atoms with Gasteiger partial charge in [0.05, 0.1) is 0 Å². The lowest BCUT2D eigenvalue weighted by molar-refractivity contribution is 0.173. The van der Waals surface area contributed by atoms with Crippen molar-refractivity contribution in [3.8, 4) is 0 Å². The molecule has 2 aliphatic heterocycles. The van der Waals surface area contributed by atoms with E-state index in [-0.39, 0.29) is 0 Å². The summed E-state index contributed by atoms with van der Waals surface area (Å²) in [6.07, 6.45) is 5.47. The van der Waals surface area contributed by atoms with Crippen LogP contribution in [0.3, 0.4) is 0 Å². The number of hydrogen-bond acceptors (Lipinski definition) is 2. The molecule has 0 bridgehead atoms. The van der Waals surface area contributed by atoms with Crippen LogP contribution in [0.1, 0.15) is 55.7 Å². The Morgan fingerprint density at radius 1 is 0.905 bits per heavy atom. The summed E-state index contributed by atoms with van der Waals surface area (Å²) in [5.74, 6) is 0.638. The standard InChI is InChI=1S/C19H30N2/c1-16(2)18-7-6-17-8-11-21(15-19(17)14-18)13-12-20-9-4-3-5-10-20/h6-7,14,16H,3-5,8-13,15H2,1-2H3. The zero-order valence-electron chi connectivity index (χ0n) is 13.8. The average molecular weight is 286 g/mol. The lowest BCUT2D eigenvalue weighted by atomic mass is 9.93. The first-order chi connectivity index (χ1) is 10.2. The second-order valence-electron chi connectivity index (χ2n) is 7.11. The fourth-order valence-electron chi connectivity index (χ4n) is 3.65. The summed E-state index contributed by atoms with van der Waals surface area (Å²) in [4.78, 5) is 5.31. The lowest BCUT2D eigenvalue weighted by Crippen LogP contribution is -2.39. The number of benzene rings is 1. The van der Waals surface area contributed by atoms with Crippen molar-refractivity contribution in [2.45, 2.75) is 52.0 Å². The smallest absolute Gasteiger partial charge is 0.0237 e. The predicted molar refractivity (Wildman–Crippen MR) is 89.8 cm³/mol. The van der Waals surface area contributed by atoms with Gasteiger partial charge in [-0.2, -0.15) is 0 Å². The minimum Gasteiger partial charge on any atom is -0.302 e. The summed E-state index contributed by atoms with van der Waals surface area (Å²) in [6.45, 7) is 12.1. The molecule has 1 fully saturated rings. The number of fused-ring (bicyclic) bond motifs is 1. The normalized spacial score (nSPS) is 20.7. The third-order valence-electron chi connectivity index (χ3n) is 5.17. The SMILES string of the molecule is CC(C)c1ccc2c(c1)CN(CCN1CCCCC1)CC2. The Labute approximate surface area is 130 Å². The highest BCUT2D eigenvalue weighted by molar-refractivity contribution is 5.35. The van der Waals surface area contributed by atoms with Crippen molar-refractivity contribution in [3.63, 3.8) is 0 Å². The molecule has 0 saturated carbocycles. The van der Waals surface area contributed by atoms with E-state index in [0.717, 1.165) is 6.54 Å². The van der Waals surface area contributed by atoms with Crippen molar-refractivity contribution < 1.29 is 0 Å². The zero-order valence-corrected chi connectivity index (χ0v) is 13.8. The summed E-state index contributed by atoms with van der Waals surface area (Å²) in [6, 6.07) is 7.15. The highest BCUT2D eigenvalue weighted by atomic mass is 15.2. The second-order valence-corrected chi connectivity index (χ2v) is 7.11. The van der Waals surface area contributed by atoms with Crippen LogP contribution in [-0.2, 0) is 13.0 Å². The molecular weight excluding hydrogens is 256 g/mol. The van der Waals surface area contributed by atoms with E-state index in [1.54, 1.807) is 11.1 Å². The number of hydrogen-bond donors (Lipinski definition) is 0. The number of likely N-dealkylation sites (tertiary alicyclic amines) is 1. The molecule has 0 unspecified atom stereocenters. The summed E-state index contributed by atoms with van der Waals surface area (Å²) < 4.78 is 0. The number of piperidine rings is 1. The fourth-order valence-corrected chi connectivity index (χ4v) is 3.65. The Kier molecular flexibility index (Phi) is 4.97. The van der Waals surface area contributed by atoms with Gasteiger partial charge in [-0.1, -0.05) is 38.5 Å². The van der Waals surface area contributed by atoms with Crippen LogP contribution in [0.5, 0.6) is 0 Å². The Bertz CT molecular complexity index is 461. The number of nitrogens with zero attached hydrogens (tertiary/aromatic N) is 2. The van der Waals surface area contributed by atoms with E-state index < -0.39 is 0 Å². The molecule has 2 heterocycles. The number of rotatable bonds is 4. The molecule has 2 nitrogen and oxygen atoms in total. The van der Waals surface area contributed by atoms with E-state index in [1.807, 2.05) is 0 Å². The van der Waals surface area contributed by atoms with Gasteiger partial charge in [-0.05, 0) is 55.0 Å². The van der Waals surface area contributed by atoms with Crippen LogP contribution in [0.4, 0.5) is 0 Å². The van der Waals surface area contributed by atoms with E-state index in [9.17, 15) is 0 Å². The van der Waals surface area contributed by atoms with Gasteiger partial charge >= 0.3 is 0 Å². The van der Waals surface area contributed by atoms with Crippen LogP contribution >= 0.6 is 0 Å². The minimum absolute atomic E-state index is 0.638. The van der Waals surface area contributed by atoms with Gasteiger partial charge in [-0.25, -0.2) is 0 Å². The van der Waals surface area contributed by atoms with Crippen LogP contribution in [0.15, 0.2) is 18.2 Å². The molecule has 1 aromatic rings. The fraction of sp³-hybridized carbons (Fsp3) is 0.684. The predicted octanol–water partition coefficient (Wildman–Crippen LogP) is 3.65. The van der Waals surface area contributed by atoms with Crippen LogP contribution in [0.2, 0.25) is 0 Å². The van der Waals surface area contributed by atoms with Crippen molar-refractivity contribution in [3.05, 3.63) is 34.9 Å². The molecule has 116 valence electrons. The molecule has 0 amide bonds. The lowest BCUT2D eigenvalue weighted by Gasteiger charge is -2.33. The van der Waals surface area contributed by atoms with Gasteiger partial charge in [-0.3, -0.25) is 4.90 Å². The van der Waals surface area contributed by atoms with E-state index in [2.05, 4.69) is 41.8 Å². The van der Waals surface area contributed by atoms with Crippen LogP contribution in [0.25, 0.3) is 0 Å². The Balaban J connectivity index is 1.56. The maximum absolute atomic E-state index is 2.66. The van der Waals surface area contributed by atoms with Gasteiger partial charge in [0.1, 0.15) is 0 Å². The first kappa shape index (κ1) is 15.1. The molecule has 0 aromatic heterocycles. The topological polar surface area (TPSA) is 6.48 Å². The molecule has 2 aliphatic rings. The maximum Gasteiger partial charge on any atom is 0.0237 e. The maximum atomic E-state index is 2.66. The van der Waals surface area contributed by atoms with Gasteiger partial charge in [0.15, 0.2) is 0 Å². The van der Waals surface area contributed by atoms with Crippen LogP contribution in [-0.4, -0.2) is 42.5 Å². The quantitative estimate of drug-likeness (QED) is 0.833. The summed E-state index contributed by atoms with van der Waals surface area (Å²) >= 11 is 0. The van der Waals surface area contributed by atoms with Gasteiger partial charge < -0.3 is 4.90 Å². The molecule has 3 rings (SSSR count). The molecule has 0 atom stereocenters. The molecular formula is C19H30N2. The van der Waals surface area contributed by atoms with E-state index in [0.29, 0.717) is 5.92 Å². The second kappa shape index (κ2) is 6.93. The Morgan fingerprint density at radius 2 is 1.67 bits per heavy atom. The average Bonchev–Trinajstić information content (AvgIpc) is 2.53. The monoisotopic (exact) mass is 286 g/mol. The van der Waals surface area contributed by atoms with Gasteiger partial charge in [-0.15, -0.1) is 0 Å². The molecule has 0 N–H and O–H groups in total. The van der Waals surface area contributed by atoms with E-state index >= 15 is 0 Å². The first-order valence-electron chi connectivity index (χ1n) is 8.79. The van der Waals surface area contributed by atoms with Crippen molar-refractivity contribution in [2.24, 2.45) is 0 Å². The van der Waals surface area contributed by atoms with Crippen molar-refractivity contribution >= 4 is 0 Å². The van der Waals surface area contributed by atoms with Crippen LogP contribution in [0, 0.1) is 0 Å². The molecule has 0 radical (unpaired) electrons. The molecule has 1 saturated heterocycles. The van der Waals surface area contributed by atoms with Crippen molar-refractivity contribution in [2.75, 3.05) is 32.7 Å². The Morgan fingerprint density at radius 3 is 2.43 bits per heavy atom. The van der Waals surface area contributed by atoms with Crippen LogP contribution < -0.4 is 0 Å². The minimum atomic E-state index is 0.638. The van der Waals surface area contributed by atoms with Crippen molar-refractivity contribution in [1.82, 2.24) is 9.80 Å². The summed E-state index contributed by atoms with van der Waals surface area (Å²) in [7, 11) is 0. The molecule has 21 heavy (non-hydrogen) atoms. The molecule has 0 aliphatic carbocycles. The highest BCUT2D eigenvalue weighted by Gasteiger charge is 2.18. The summed E-state index contributed by atoms with van der Waals surface area (Å²) in [5, 5.41) is 0. The van der Waals surface area contributed by atoms with E-state index in [1.165, 1.54) is 64.0 Å². The zero-order chi connectivity index (χ0) is 14.7. The summed E-state index contributed by atoms with van der Waals surface area (Å²) in [5.41, 5.74) is 4.64. The van der Waals surface area contributed by atoms with E-state index in [4.69, 9.17) is 0 Å². The van der Waals surface area contributed by atoms with Crippen molar-refractivity contribution in [1.29, 1.82) is 0 Å². The highest BCUT2D eigenvalue weighted by Crippen LogP contribution is 2.24. The van der Waals surface area contributed by atoms with Gasteiger partial charge in [0.2, 0.25) is 0 Å². The third kappa shape index (κ3) is 3.87. The van der Waals surface area contributed by atoms with Gasteiger partial charge in [0.25, 0.3) is 0 Å². The molecule has 2 heteroatoms. The first-order valence-corrected chi connectivity index (χ1v) is 8.79.